The Morgan fingerprint density at radius 3 is 2.62 bits per heavy atom. The van der Waals surface area contributed by atoms with E-state index in [-0.39, 0.29) is 18.9 Å². The van der Waals surface area contributed by atoms with Gasteiger partial charge in [0.05, 0.1) is 0 Å². The van der Waals surface area contributed by atoms with E-state index in [0.29, 0.717) is 0 Å². The van der Waals surface area contributed by atoms with Gasteiger partial charge in [0, 0.05) is 6.54 Å². The van der Waals surface area contributed by atoms with Gasteiger partial charge in [-0.2, -0.15) is 0 Å². The van der Waals surface area contributed by atoms with E-state index in [0.717, 1.165) is 13.0 Å². The second kappa shape index (κ2) is 4.02. The normalized spacial score (nSPS) is 19.1. The van der Waals surface area contributed by atoms with Gasteiger partial charge in [-0.3, -0.25) is 5.06 Å². The Morgan fingerprint density at radius 2 is 2.38 bits per heavy atom. The van der Waals surface area contributed by atoms with Crippen LogP contribution in [0.3, 0.4) is 0 Å². The molecule has 8 heavy (non-hydrogen) atoms. The summed E-state index contributed by atoms with van der Waals surface area (Å²) in [5.41, 5.74) is 0. The van der Waals surface area contributed by atoms with Crippen LogP contribution in [-0.2, 0) is 4.84 Å². The molecule has 0 unspecified atom stereocenters. The summed E-state index contributed by atoms with van der Waals surface area (Å²) in [4.78, 5) is 4.82. The van der Waals surface area contributed by atoms with E-state index >= 15 is 0 Å². The molecule has 3 heteroatoms. The van der Waals surface area contributed by atoms with Crippen molar-refractivity contribution < 1.29 is 23.7 Å². The first kappa shape index (κ1) is 8.10. The molecule has 0 bridgehead atoms. The second-order valence-electron chi connectivity index (χ2n) is 1.47. The molecule has 0 saturated heterocycles. The van der Waals surface area contributed by atoms with Crippen LogP contribution in [0.2, 0.25) is 0 Å². The molecule has 0 aromatic heterocycles. The van der Waals surface area contributed by atoms with Gasteiger partial charge >= 0.3 is 18.9 Å². The number of hydrogen-bond acceptors (Lipinski definition) is 2. The van der Waals surface area contributed by atoms with Crippen molar-refractivity contribution in [2.75, 3.05) is 6.54 Å². The Morgan fingerprint density at radius 1 is 1.62 bits per heavy atom. The first-order chi connectivity index (χ1) is 3.39. The van der Waals surface area contributed by atoms with Crippen LogP contribution in [-0.4, -0.2) is 11.6 Å². The van der Waals surface area contributed by atoms with E-state index in [1.165, 1.54) is 0 Å². The molecule has 1 rings (SSSR count). The maximum Gasteiger partial charge on any atom is 1.00 e. The molecule has 1 aliphatic heterocycles. The third-order valence-electron chi connectivity index (χ3n) is 0.851. The molecule has 0 aromatic carbocycles. The fourth-order valence-corrected chi connectivity index (χ4v) is 0.468. The molecule has 40 valence electrons. The Balaban J connectivity index is 0.000000490. The van der Waals surface area contributed by atoms with E-state index in [1.54, 1.807) is 11.3 Å². The zero-order chi connectivity index (χ0) is 5.11. The topological polar surface area (TPSA) is 12.5 Å². The summed E-state index contributed by atoms with van der Waals surface area (Å²) in [5, 5.41) is 1.56. The molecule has 0 saturated carbocycles. The van der Waals surface area contributed by atoms with Crippen molar-refractivity contribution in [2.24, 2.45) is 0 Å². The van der Waals surface area contributed by atoms with Gasteiger partial charge in [0.25, 0.3) is 0 Å². The van der Waals surface area contributed by atoms with Crippen LogP contribution >= 0.6 is 0 Å². The summed E-state index contributed by atoms with van der Waals surface area (Å²) < 4.78 is 0. The molecule has 0 aromatic rings. The van der Waals surface area contributed by atoms with Gasteiger partial charge in [-0.1, -0.05) is 0 Å². The molecule has 0 aliphatic carbocycles. The Hall–Kier alpha value is 0.0974. The first-order valence-electron chi connectivity index (χ1n) is 2.29. The number of hydroxylamine groups is 2. The summed E-state index contributed by atoms with van der Waals surface area (Å²) in [6, 6.07) is 0. The fraction of sp³-hybridized carbons (Fsp3) is 0.400. The van der Waals surface area contributed by atoms with Crippen LogP contribution in [0.1, 0.15) is 6.42 Å². The van der Waals surface area contributed by atoms with Crippen LogP contribution in [0.25, 0.3) is 0 Å². The Kier molecular flexibility index (Phi) is 4.07. The third-order valence-corrected chi connectivity index (χ3v) is 0.851. The SMILES string of the molecule is [CH2-]N1CCC=CO1.[Li+]. The van der Waals surface area contributed by atoms with Gasteiger partial charge in [0.15, 0.2) is 0 Å². The molecule has 2 nitrogen and oxygen atoms in total. The molecule has 0 radical (unpaired) electrons. The number of hydrogen-bond donors (Lipinski definition) is 0. The van der Waals surface area contributed by atoms with Crippen molar-refractivity contribution in [3.8, 4) is 0 Å². The van der Waals surface area contributed by atoms with Gasteiger partial charge in [-0.15, -0.1) is 0 Å². The van der Waals surface area contributed by atoms with Crippen molar-refractivity contribution in [2.45, 2.75) is 6.42 Å². The second-order valence-corrected chi connectivity index (χ2v) is 1.47. The predicted molar refractivity (Wildman–Crippen MR) is 26.9 cm³/mol. The molecule has 0 amide bonds. The summed E-state index contributed by atoms with van der Waals surface area (Å²) in [5.74, 6) is 0. The van der Waals surface area contributed by atoms with Crippen molar-refractivity contribution >= 4 is 0 Å². The zero-order valence-corrected chi connectivity index (χ0v) is 5.13. The van der Waals surface area contributed by atoms with Crippen LogP contribution < -0.4 is 18.9 Å². The van der Waals surface area contributed by atoms with Gasteiger partial charge in [0.1, 0.15) is 6.26 Å². The van der Waals surface area contributed by atoms with E-state index in [9.17, 15) is 0 Å². The largest absolute Gasteiger partial charge is 1.00 e. The zero-order valence-electron chi connectivity index (χ0n) is 5.13. The minimum absolute atomic E-state index is 0. The first-order valence-corrected chi connectivity index (χ1v) is 2.29. The predicted octanol–water partition coefficient (Wildman–Crippen LogP) is -2.07. The van der Waals surface area contributed by atoms with Crippen LogP contribution in [0.4, 0.5) is 0 Å². The molecular formula is C5H8LiNO. The molecule has 0 spiro atoms. The standard InChI is InChI=1S/C5H8NO.Li/c1-6-4-2-3-5-7-6;/h3,5H,1-2,4H2;/q-1;+1. The molecule has 1 heterocycles. The van der Waals surface area contributed by atoms with E-state index in [4.69, 9.17) is 4.84 Å². The van der Waals surface area contributed by atoms with Gasteiger partial charge in [-0.25, -0.2) is 7.05 Å². The molecule has 0 atom stereocenters. The molecule has 0 fully saturated rings. The Labute approximate surface area is 61.6 Å². The maximum absolute atomic E-state index is 4.82. The van der Waals surface area contributed by atoms with Gasteiger partial charge in [-0.05, 0) is 12.5 Å². The molecule has 0 N–H and O–H groups in total. The van der Waals surface area contributed by atoms with Crippen LogP contribution in [0.15, 0.2) is 12.3 Å². The van der Waals surface area contributed by atoms with Crippen molar-refractivity contribution in [3.63, 3.8) is 0 Å². The molecular weight excluding hydrogens is 97.0 g/mol. The van der Waals surface area contributed by atoms with E-state index in [1.807, 2.05) is 6.08 Å². The quantitative estimate of drug-likeness (QED) is 0.259. The summed E-state index contributed by atoms with van der Waals surface area (Å²) >= 11 is 0. The van der Waals surface area contributed by atoms with Crippen molar-refractivity contribution in [1.82, 2.24) is 5.06 Å². The van der Waals surface area contributed by atoms with E-state index < -0.39 is 0 Å². The Bertz CT molecular complexity index is 84.5. The monoisotopic (exact) mass is 105 g/mol. The number of nitrogens with zero attached hydrogens (tertiary/aromatic N) is 1. The fourth-order valence-electron chi connectivity index (χ4n) is 0.468. The summed E-state index contributed by atoms with van der Waals surface area (Å²) in [6.45, 7) is 0.899. The van der Waals surface area contributed by atoms with Crippen LogP contribution in [0, 0.1) is 7.05 Å². The van der Waals surface area contributed by atoms with Crippen molar-refractivity contribution in [1.29, 1.82) is 0 Å². The summed E-state index contributed by atoms with van der Waals surface area (Å²) in [6.07, 6.45) is 4.67. The third kappa shape index (κ3) is 2.42. The average molecular weight is 105 g/mol. The minimum atomic E-state index is 0. The average Bonchev–Trinajstić information content (AvgIpc) is 1.69. The molecule has 1 aliphatic rings. The van der Waals surface area contributed by atoms with Crippen LogP contribution in [0.5, 0.6) is 0 Å². The number of rotatable bonds is 0. The summed E-state index contributed by atoms with van der Waals surface area (Å²) in [7, 11) is 3.56. The van der Waals surface area contributed by atoms with Crippen molar-refractivity contribution in [3.05, 3.63) is 19.4 Å². The smallest absolute Gasteiger partial charge is 0.445 e. The van der Waals surface area contributed by atoms with E-state index in [2.05, 4.69) is 7.05 Å². The maximum atomic E-state index is 4.82. The van der Waals surface area contributed by atoms with Gasteiger partial charge < -0.3 is 4.84 Å². The minimum Gasteiger partial charge on any atom is -0.445 e. The van der Waals surface area contributed by atoms with Gasteiger partial charge in [0.2, 0.25) is 0 Å².